The Hall–Kier alpha value is -2.21. The molecule has 0 spiro atoms. The van der Waals surface area contributed by atoms with Crippen molar-refractivity contribution in [2.75, 3.05) is 0 Å². The molecule has 29 heavy (non-hydrogen) atoms. The number of benzene rings is 1. The summed E-state index contributed by atoms with van der Waals surface area (Å²) in [5.41, 5.74) is 3.79. The van der Waals surface area contributed by atoms with Gasteiger partial charge in [0.25, 0.3) is 0 Å². The van der Waals surface area contributed by atoms with Crippen molar-refractivity contribution in [1.29, 1.82) is 0 Å². The molecule has 2 heterocycles. The van der Waals surface area contributed by atoms with Crippen molar-refractivity contribution in [3.63, 3.8) is 0 Å². The maximum absolute atomic E-state index is 13.8. The first-order chi connectivity index (χ1) is 14.1. The zero-order chi connectivity index (χ0) is 20.0. The van der Waals surface area contributed by atoms with Gasteiger partial charge in [-0.3, -0.25) is 9.78 Å². The first-order valence-electron chi connectivity index (χ1n) is 10.4. The zero-order valence-corrected chi connectivity index (χ0v) is 17.2. The maximum Gasteiger partial charge on any atom is 0.142 e. The van der Waals surface area contributed by atoms with Crippen LogP contribution in [0.2, 0.25) is 0 Å². The number of nitrogens with zero attached hydrogens (tertiary/aromatic N) is 3. The van der Waals surface area contributed by atoms with Crippen molar-refractivity contribution in [3.05, 3.63) is 52.4 Å². The first-order valence-corrected chi connectivity index (χ1v) is 11.3. The van der Waals surface area contributed by atoms with E-state index in [2.05, 4.69) is 28.2 Å². The Morgan fingerprint density at radius 1 is 1.21 bits per heavy atom. The quantitative estimate of drug-likeness (QED) is 0.582. The molecule has 5 rings (SSSR count). The molecule has 0 radical (unpaired) electrons. The number of hydrogen-bond donors (Lipinski definition) is 0. The highest BCUT2D eigenvalue weighted by atomic mass is 32.1. The van der Waals surface area contributed by atoms with E-state index in [0.717, 1.165) is 41.6 Å². The monoisotopic (exact) mass is 409 g/mol. The molecular weight excluding hydrogens is 385 g/mol. The number of halogens is 1. The lowest BCUT2D eigenvalue weighted by molar-refractivity contribution is -0.123. The molecule has 0 saturated heterocycles. The van der Waals surface area contributed by atoms with E-state index in [-0.39, 0.29) is 11.7 Å². The summed E-state index contributed by atoms with van der Waals surface area (Å²) in [6.07, 6.45) is 6.78. The molecule has 0 N–H and O–H groups in total. The highest BCUT2D eigenvalue weighted by molar-refractivity contribution is 7.09. The number of pyridine rings is 1. The summed E-state index contributed by atoms with van der Waals surface area (Å²) < 4.78 is 13.8. The summed E-state index contributed by atoms with van der Waals surface area (Å²) in [5.74, 6) is 2.44. The predicted octanol–water partition coefficient (Wildman–Crippen LogP) is 5.19. The van der Waals surface area contributed by atoms with Gasteiger partial charge in [-0.25, -0.2) is 4.39 Å². The van der Waals surface area contributed by atoms with Gasteiger partial charge in [0, 0.05) is 17.5 Å². The molecule has 3 aromatic rings. The van der Waals surface area contributed by atoms with Gasteiger partial charge >= 0.3 is 0 Å². The number of carbonyl (C=O) groups is 1. The summed E-state index contributed by atoms with van der Waals surface area (Å²) in [5, 5.41) is 9.61. The molecule has 1 aromatic carbocycles. The second kappa shape index (κ2) is 7.56. The van der Waals surface area contributed by atoms with Crippen LogP contribution in [0.1, 0.15) is 49.1 Å². The van der Waals surface area contributed by atoms with Gasteiger partial charge < -0.3 is 0 Å². The smallest absolute Gasteiger partial charge is 0.142 e. The second-order valence-electron chi connectivity index (χ2n) is 8.75. The van der Waals surface area contributed by atoms with Crippen LogP contribution in [0.4, 0.5) is 4.39 Å². The minimum absolute atomic E-state index is 0.0822. The van der Waals surface area contributed by atoms with E-state index in [1.165, 1.54) is 23.0 Å². The van der Waals surface area contributed by atoms with Gasteiger partial charge in [-0.15, -0.1) is 21.5 Å². The van der Waals surface area contributed by atoms with Crippen LogP contribution in [0.3, 0.4) is 0 Å². The Morgan fingerprint density at radius 3 is 2.72 bits per heavy atom. The fourth-order valence-corrected chi connectivity index (χ4v) is 6.20. The lowest BCUT2D eigenvalue weighted by atomic mass is 9.84. The summed E-state index contributed by atoms with van der Waals surface area (Å²) in [6.45, 7) is 2.09. The number of Topliss-reactive ketones (excluding diaryl/α,β-unsaturated/α-hetero) is 1. The van der Waals surface area contributed by atoms with Crippen molar-refractivity contribution >= 4 is 28.0 Å². The SMILES string of the molecule is CC(C(=O)Cc1nncs1)C1C[C@H]2CC(c3ccnc4ccc(F)cc34)C[C@H]2C1. The molecule has 2 aromatic heterocycles. The minimum atomic E-state index is -0.201. The van der Waals surface area contributed by atoms with Gasteiger partial charge in [-0.05, 0) is 79.2 Å². The Balaban J connectivity index is 1.27. The van der Waals surface area contributed by atoms with Crippen LogP contribution in [0, 0.1) is 29.5 Å². The van der Waals surface area contributed by atoms with Crippen molar-refractivity contribution in [2.24, 2.45) is 23.7 Å². The molecule has 0 aliphatic heterocycles. The largest absolute Gasteiger partial charge is 0.299 e. The average molecular weight is 410 g/mol. The summed E-state index contributed by atoms with van der Waals surface area (Å²) in [6, 6.07) is 6.94. The third-order valence-electron chi connectivity index (χ3n) is 7.17. The number of fused-ring (bicyclic) bond motifs is 2. The van der Waals surface area contributed by atoms with Crippen LogP contribution >= 0.6 is 11.3 Å². The third-order valence-corrected chi connectivity index (χ3v) is 7.87. The standard InChI is InChI=1S/C23H24FN3OS/c1-13(22(28)11-23-27-26-12-29-23)14-6-15-8-17(9-16(15)7-14)19-4-5-25-21-3-2-18(24)10-20(19)21/h2-5,10,12-17H,6-9,11H2,1H3/t13?,14?,15-,16+,17?. The van der Waals surface area contributed by atoms with Crippen molar-refractivity contribution in [3.8, 4) is 0 Å². The van der Waals surface area contributed by atoms with Crippen LogP contribution in [-0.4, -0.2) is 21.0 Å². The molecule has 6 heteroatoms. The van der Waals surface area contributed by atoms with E-state index in [1.807, 2.05) is 6.20 Å². The molecule has 150 valence electrons. The topological polar surface area (TPSA) is 55.7 Å². The predicted molar refractivity (Wildman–Crippen MR) is 111 cm³/mol. The van der Waals surface area contributed by atoms with Crippen LogP contribution in [-0.2, 0) is 11.2 Å². The third kappa shape index (κ3) is 3.59. The van der Waals surface area contributed by atoms with Gasteiger partial charge in [0.05, 0.1) is 11.9 Å². The van der Waals surface area contributed by atoms with E-state index in [0.29, 0.717) is 35.9 Å². The van der Waals surface area contributed by atoms with Crippen molar-refractivity contribution in [1.82, 2.24) is 15.2 Å². The molecule has 2 aliphatic carbocycles. The number of rotatable bonds is 5. The Kier molecular flexibility index (Phi) is 4.90. The Bertz CT molecular complexity index is 1020. The molecule has 2 saturated carbocycles. The van der Waals surface area contributed by atoms with E-state index < -0.39 is 0 Å². The highest BCUT2D eigenvalue weighted by Crippen LogP contribution is 2.54. The van der Waals surface area contributed by atoms with Crippen LogP contribution in [0.25, 0.3) is 10.9 Å². The maximum atomic E-state index is 13.8. The van der Waals surface area contributed by atoms with E-state index in [9.17, 15) is 9.18 Å². The highest BCUT2D eigenvalue weighted by Gasteiger charge is 2.44. The Morgan fingerprint density at radius 2 is 2.00 bits per heavy atom. The molecular formula is C23H24FN3OS. The van der Waals surface area contributed by atoms with Crippen LogP contribution in [0.5, 0.6) is 0 Å². The van der Waals surface area contributed by atoms with E-state index in [4.69, 9.17) is 0 Å². The van der Waals surface area contributed by atoms with E-state index >= 15 is 0 Å². The molecule has 4 nitrogen and oxygen atoms in total. The van der Waals surface area contributed by atoms with Gasteiger partial charge in [0.1, 0.15) is 22.1 Å². The molecule has 0 amide bonds. The van der Waals surface area contributed by atoms with Crippen LogP contribution < -0.4 is 0 Å². The number of hydrogen-bond acceptors (Lipinski definition) is 5. The van der Waals surface area contributed by atoms with Gasteiger partial charge in [0.2, 0.25) is 0 Å². The fourth-order valence-electron chi connectivity index (χ4n) is 5.67. The summed E-state index contributed by atoms with van der Waals surface area (Å²) in [7, 11) is 0. The lowest BCUT2D eigenvalue weighted by Crippen LogP contribution is -2.21. The van der Waals surface area contributed by atoms with Gasteiger partial charge in [-0.2, -0.15) is 0 Å². The van der Waals surface area contributed by atoms with Crippen LogP contribution in [0.15, 0.2) is 36.0 Å². The Labute approximate surface area is 173 Å². The van der Waals surface area contributed by atoms with Crippen molar-refractivity contribution in [2.45, 2.75) is 44.9 Å². The zero-order valence-electron chi connectivity index (χ0n) is 16.4. The van der Waals surface area contributed by atoms with Gasteiger partial charge in [-0.1, -0.05) is 6.92 Å². The molecule has 3 unspecified atom stereocenters. The average Bonchev–Trinajstić information content (AvgIpc) is 3.43. The molecule has 2 fully saturated rings. The molecule has 5 atom stereocenters. The summed E-state index contributed by atoms with van der Waals surface area (Å²) in [4.78, 5) is 17.1. The number of aromatic nitrogens is 3. The first kappa shape index (κ1) is 18.8. The van der Waals surface area contributed by atoms with E-state index in [1.54, 1.807) is 17.6 Å². The second-order valence-corrected chi connectivity index (χ2v) is 9.66. The van der Waals surface area contributed by atoms with Crippen molar-refractivity contribution < 1.29 is 9.18 Å². The number of carbonyl (C=O) groups excluding carboxylic acids is 1. The minimum Gasteiger partial charge on any atom is -0.299 e. The number of ketones is 1. The lowest BCUT2D eigenvalue weighted by Gasteiger charge is -2.20. The fraction of sp³-hybridized carbons (Fsp3) is 0.478. The van der Waals surface area contributed by atoms with Gasteiger partial charge in [0.15, 0.2) is 0 Å². The normalized spacial score (nSPS) is 27.2. The summed E-state index contributed by atoms with van der Waals surface area (Å²) >= 11 is 1.45. The molecule has 2 aliphatic rings. The molecule has 0 bridgehead atoms.